The van der Waals surface area contributed by atoms with Crippen LogP contribution in [0.2, 0.25) is 0 Å². The van der Waals surface area contributed by atoms with Gasteiger partial charge in [-0.05, 0) is 37.2 Å². The van der Waals surface area contributed by atoms with E-state index in [2.05, 4.69) is 16.7 Å². The maximum absolute atomic E-state index is 6.17. The number of hydrogen-bond acceptors (Lipinski definition) is 5. The van der Waals surface area contributed by atoms with Crippen molar-refractivity contribution in [3.8, 4) is 0 Å². The molecule has 0 saturated carbocycles. The molecule has 0 bridgehead atoms. The first-order valence-electron chi connectivity index (χ1n) is 7.44. The second-order valence-electron chi connectivity index (χ2n) is 5.61. The van der Waals surface area contributed by atoms with Crippen molar-refractivity contribution in [3.63, 3.8) is 0 Å². The Kier molecular flexibility index (Phi) is 6.42. The SMILES string of the molecule is COCCN(CCN)C1CCOC2(CCSCC2)C1. The molecule has 2 fully saturated rings. The van der Waals surface area contributed by atoms with Gasteiger partial charge in [0.25, 0.3) is 0 Å². The van der Waals surface area contributed by atoms with Gasteiger partial charge in [0, 0.05) is 39.4 Å². The summed E-state index contributed by atoms with van der Waals surface area (Å²) in [4.78, 5) is 2.51. The highest BCUT2D eigenvalue weighted by atomic mass is 32.2. The van der Waals surface area contributed by atoms with E-state index in [1.165, 1.54) is 30.8 Å². The highest BCUT2D eigenvalue weighted by Crippen LogP contribution is 2.38. The largest absolute Gasteiger partial charge is 0.383 e. The molecule has 112 valence electrons. The van der Waals surface area contributed by atoms with Crippen molar-refractivity contribution in [2.45, 2.75) is 37.3 Å². The average Bonchev–Trinajstić information content (AvgIpc) is 2.44. The van der Waals surface area contributed by atoms with E-state index in [1.54, 1.807) is 7.11 Å². The number of nitrogens with zero attached hydrogens (tertiary/aromatic N) is 1. The van der Waals surface area contributed by atoms with E-state index >= 15 is 0 Å². The Morgan fingerprint density at radius 2 is 2.16 bits per heavy atom. The molecule has 2 aliphatic rings. The molecule has 0 amide bonds. The lowest BCUT2D eigenvalue weighted by atomic mass is 9.85. The summed E-state index contributed by atoms with van der Waals surface area (Å²) in [6, 6.07) is 0.621. The van der Waals surface area contributed by atoms with Gasteiger partial charge in [0.2, 0.25) is 0 Å². The molecule has 19 heavy (non-hydrogen) atoms. The monoisotopic (exact) mass is 288 g/mol. The van der Waals surface area contributed by atoms with Crippen molar-refractivity contribution in [1.82, 2.24) is 4.90 Å². The molecule has 4 nitrogen and oxygen atoms in total. The fourth-order valence-corrected chi connectivity index (χ4v) is 4.49. The molecule has 0 aliphatic carbocycles. The van der Waals surface area contributed by atoms with E-state index in [9.17, 15) is 0 Å². The molecule has 2 rings (SSSR count). The van der Waals surface area contributed by atoms with Gasteiger partial charge in [-0.25, -0.2) is 0 Å². The van der Waals surface area contributed by atoms with E-state index < -0.39 is 0 Å². The molecule has 0 aromatic rings. The van der Waals surface area contributed by atoms with Crippen molar-refractivity contribution >= 4 is 11.8 Å². The molecule has 0 radical (unpaired) electrons. The number of methoxy groups -OCH3 is 1. The topological polar surface area (TPSA) is 47.7 Å². The third-order valence-corrected chi connectivity index (χ3v) is 5.37. The molecule has 1 atom stereocenters. The van der Waals surface area contributed by atoms with Gasteiger partial charge >= 0.3 is 0 Å². The molecule has 2 saturated heterocycles. The maximum atomic E-state index is 6.17. The summed E-state index contributed by atoms with van der Waals surface area (Å²) in [5.74, 6) is 2.50. The van der Waals surface area contributed by atoms with Crippen LogP contribution in [0.4, 0.5) is 0 Å². The van der Waals surface area contributed by atoms with Gasteiger partial charge in [-0.3, -0.25) is 4.90 Å². The van der Waals surface area contributed by atoms with E-state index in [0.29, 0.717) is 6.04 Å². The summed E-state index contributed by atoms with van der Waals surface area (Å²) in [5, 5.41) is 0. The van der Waals surface area contributed by atoms with Crippen LogP contribution in [0.5, 0.6) is 0 Å². The van der Waals surface area contributed by atoms with Crippen LogP contribution < -0.4 is 5.73 Å². The Hall–Kier alpha value is 0.190. The van der Waals surface area contributed by atoms with Crippen molar-refractivity contribution in [2.75, 3.05) is 51.5 Å². The molecule has 2 heterocycles. The zero-order valence-electron chi connectivity index (χ0n) is 12.1. The molecule has 5 heteroatoms. The van der Waals surface area contributed by atoms with E-state index in [4.69, 9.17) is 15.2 Å². The number of hydrogen-bond donors (Lipinski definition) is 1. The predicted octanol–water partition coefficient (Wildman–Crippen LogP) is 1.34. The van der Waals surface area contributed by atoms with Crippen molar-refractivity contribution in [2.24, 2.45) is 5.73 Å². The van der Waals surface area contributed by atoms with Gasteiger partial charge in [0.15, 0.2) is 0 Å². The van der Waals surface area contributed by atoms with Crippen LogP contribution in [0, 0.1) is 0 Å². The van der Waals surface area contributed by atoms with E-state index in [-0.39, 0.29) is 5.60 Å². The standard InChI is InChI=1S/C14H28N2O2S/c1-17-9-7-16(6-5-15)13-2-8-18-14(12-13)3-10-19-11-4-14/h13H,2-12,15H2,1H3. The minimum Gasteiger partial charge on any atom is -0.383 e. The first-order valence-corrected chi connectivity index (χ1v) is 8.60. The Morgan fingerprint density at radius 3 is 2.84 bits per heavy atom. The lowest BCUT2D eigenvalue weighted by Crippen LogP contribution is -2.51. The Bertz CT molecular complexity index is 254. The van der Waals surface area contributed by atoms with Crippen LogP contribution >= 0.6 is 11.8 Å². The Morgan fingerprint density at radius 1 is 1.37 bits per heavy atom. The highest BCUT2D eigenvalue weighted by molar-refractivity contribution is 7.99. The maximum Gasteiger partial charge on any atom is 0.0713 e. The van der Waals surface area contributed by atoms with Gasteiger partial charge < -0.3 is 15.2 Å². The highest BCUT2D eigenvalue weighted by Gasteiger charge is 2.40. The molecule has 2 aliphatic heterocycles. The predicted molar refractivity (Wildman–Crippen MR) is 80.8 cm³/mol. The van der Waals surface area contributed by atoms with Gasteiger partial charge in [-0.2, -0.15) is 11.8 Å². The fraction of sp³-hybridized carbons (Fsp3) is 1.00. The van der Waals surface area contributed by atoms with Crippen molar-refractivity contribution in [1.29, 1.82) is 0 Å². The normalized spacial score (nSPS) is 27.0. The first kappa shape index (κ1) is 15.6. The number of ether oxygens (including phenoxy) is 2. The van der Waals surface area contributed by atoms with Crippen LogP contribution in [0.1, 0.15) is 25.7 Å². The van der Waals surface area contributed by atoms with Gasteiger partial charge in [0.05, 0.1) is 12.2 Å². The lowest BCUT2D eigenvalue weighted by molar-refractivity contribution is -0.111. The Labute approximate surface area is 121 Å². The summed E-state index contributed by atoms with van der Waals surface area (Å²) in [7, 11) is 1.77. The second kappa shape index (κ2) is 7.84. The molecule has 0 aromatic heterocycles. The molecular formula is C14H28N2O2S. The van der Waals surface area contributed by atoms with Crippen LogP contribution in [0.3, 0.4) is 0 Å². The molecule has 2 N–H and O–H groups in total. The van der Waals surface area contributed by atoms with Gasteiger partial charge in [-0.15, -0.1) is 0 Å². The van der Waals surface area contributed by atoms with Crippen LogP contribution in [-0.2, 0) is 9.47 Å². The smallest absolute Gasteiger partial charge is 0.0713 e. The number of nitrogens with two attached hydrogens (primary N) is 1. The molecule has 1 unspecified atom stereocenters. The van der Waals surface area contributed by atoms with E-state index in [1.807, 2.05) is 0 Å². The fourth-order valence-electron chi connectivity index (χ4n) is 3.26. The van der Waals surface area contributed by atoms with E-state index in [0.717, 1.165) is 39.3 Å². The summed E-state index contributed by atoms with van der Waals surface area (Å²) in [5.41, 5.74) is 5.92. The summed E-state index contributed by atoms with van der Waals surface area (Å²) in [6.45, 7) is 4.38. The molecule has 1 spiro atoms. The third-order valence-electron chi connectivity index (χ3n) is 4.39. The Balaban J connectivity index is 1.93. The molecule has 0 aromatic carbocycles. The lowest BCUT2D eigenvalue weighted by Gasteiger charge is -2.46. The van der Waals surface area contributed by atoms with Crippen molar-refractivity contribution < 1.29 is 9.47 Å². The third kappa shape index (κ3) is 4.33. The zero-order chi connectivity index (χ0) is 13.6. The van der Waals surface area contributed by atoms with Crippen LogP contribution in [0.25, 0.3) is 0 Å². The quantitative estimate of drug-likeness (QED) is 0.799. The van der Waals surface area contributed by atoms with Gasteiger partial charge in [-0.1, -0.05) is 0 Å². The number of thioether (sulfide) groups is 1. The minimum atomic E-state index is 0.161. The summed E-state index contributed by atoms with van der Waals surface area (Å²) < 4.78 is 11.4. The first-order chi connectivity index (χ1) is 9.29. The number of rotatable bonds is 6. The van der Waals surface area contributed by atoms with Crippen LogP contribution in [0.15, 0.2) is 0 Å². The average molecular weight is 288 g/mol. The van der Waals surface area contributed by atoms with Gasteiger partial charge in [0.1, 0.15) is 0 Å². The second-order valence-corrected chi connectivity index (χ2v) is 6.83. The van der Waals surface area contributed by atoms with Crippen molar-refractivity contribution in [3.05, 3.63) is 0 Å². The minimum absolute atomic E-state index is 0.161. The zero-order valence-corrected chi connectivity index (χ0v) is 12.9. The molecular weight excluding hydrogens is 260 g/mol. The summed E-state index contributed by atoms with van der Waals surface area (Å²) >= 11 is 2.06. The van der Waals surface area contributed by atoms with Crippen LogP contribution in [-0.4, -0.2) is 68.0 Å². The summed E-state index contributed by atoms with van der Waals surface area (Å²) in [6.07, 6.45) is 4.75.